The lowest BCUT2D eigenvalue weighted by Crippen LogP contribution is -2.31. The largest absolute Gasteiger partial charge is 0.408 e. The first kappa shape index (κ1) is 14.1. The van der Waals surface area contributed by atoms with Gasteiger partial charge in [0.2, 0.25) is 11.1 Å². The van der Waals surface area contributed by atoms with Gasteiger partial charge in [-0.2, -0.15) is 13.2 Å². The average Bonchev–Trinajstić information content (AvgIpc) is 2.61. The molecule has 2 heterocycles. The molecule has 0 spiro atoms. The highest BCUT2D eigenvalue weighted by molar-refractivity contribution is 8.00. The van der Waals surface area contributed by atoms with Crippen LogP contribution in [0.3, 0.4) is 0 Å². The summed E-state index contributed by atoms with van der Waals surface area (Å²) in [6.45, 7) is -0.653. The second kappa shape index (κ2) is 5.76. The minimum absolute atomic E-state index is 0.0133. The molecule has 1 aromatic heterocycles. The average molecular weight is 295 g/mol. The number of thioether (sulfide) groups is 1. The molecule has 1 amide bonds. The topological polar surface area (TPSA) is 72.7 Å². The van der Waals surface area contributed by atoms with Gasteiger partial charge >= 0.3 is 6.18 Å². The summed E-state index contributed by atoms with van der Waals surface area (Å²) in [5, 5.41) is 12.4. The normalized spacial score (nSPS) is 21.0. The van der Waals surface area contributed by atoms with Crippen LogP contribution in [-0.4, -0.2) is 44.1 Å². The van der Waals surface area contributed by atoms with Crippen LogP contribution < -0.4 is 5.32 Å². The van der Waals surface area contributed by atoms with Crippen LogP contribution in [-0.2, 0) is 11.3 Å². The first-order valence-electron chi connectivity index (χ1n) is 5.73. The van der Waals surface area contributed by atoms with Crippen LogP contribution in [0.4, 0.5) is 13.2 Å². The molecule has 0 saturated carbocycles. The van der Waals surface area contributed by atoms with Crippen LogP contribution in [0.1, 0.15) is 19.3 Å². The van der Waals surface area contributed by atoms with Crippen molar-refractivity contribution in [2.45, 2.75) is 42.4 Å². The number of nitrogens with zero attached hydrogens (tertiary/aromatic N) is 4. The minimum Gasteiger partial charge on any atom is -0.355 e. The minimum atomic E-state index is -4.39. The number of hydrogen-bond acceptors (Lipinski definition) is 5. The van der Waals surface area contributed by atoms with Crippen molar-refractivity contribution < 1.29 is 18.0 Å². The molecule has 1 fully saturated rings. The van der Waals surface area contributed by atoms with Gasteiger partial charge in [0, 0.05) is 6.54 Å². The number of tetrazole rings is 1. The third-order valence-corrected chi connectivity index (χ3v) is 3.80. The Labute approximate surface area is 111 Å². The zero-order chi connectivity index (χ0) is 13.9. The lowest BCUT2D eigenvalue weighted by atomic mass is 10.2. The summed E-state index contributed by atoms with van der Waals surface area (Å²) in [4.78, 5) is 11.7. The molecule has 10 heteroatoms. The van der Waals surface area contributed by atoms with E-state index in [2.05, 4.69) is 20.8 Å². The van der Waals surface area contributed by atoms with E-state index in [0.717, 1.165) is 24.6 Å². The van der Waals surface area contributed by atoms with Gasteiger partial charge in [-0.3, -0.25) is 4.79 Å². The summed E-state index contributed by atoms with van der Waals surface area (Å²) >= 11 is 0.975. The van der Waals surface area contributed by atoms with Gasteiger partial charge in [0.05, 0.1) is 5.25 Å². The zero-order valence-electron chi connectivity index (χ0n) is 9.85. The van der Waals surface area contributed by atoms with Gasteiger partial charge in [0.25, 0.3) is 0 Å². The fourth-order valence-electron chi connectivity index (χ4n) is 1.70. The Hall–Kier alpha value is -1.32. The highest BCUT2D eigenvalue weighted by Crippen LogP contribution is 2.27. The van der Waals surface area contributed by atoms with Crippen molar-refractivity contribution in [3.8, 4) is 0 Å². The van der Waals surface area contributed by atoms with Crippen molar-refractivity contribution in [1.29, 1.82) is 0 Å². The Morgan fingerprint density at radius 3 is 2.95 bits per heavy atom. The fraction of sp³-hybridized carbons (Fsp3) is 0.778. The van der Waals surface area contributed by atoms with E-state index in [1.54, 1.807) is 0 Å². The second-order valence-electron chi connectivity index (χ2n) is 4.13. The van der Waals surface area contributed by atoms with E-state index in [4.69, 9.17) is 0 Å². The molecule has 0 unspecified atom stereocenters. The number of nitrogens with one attached hydrogen (secondary N) is 1. The lowest BCUT2D eigenvalue weighted by molar-refractivity contribution is -0.144. The number of amides is 1. The molecule has 106 valence electrons. The van der Waals surface area contributed by atoms with Gasteiger partial charge in [-0.1, -0.05) is 18.2 Å². The monoisotopic (exact) mass is 295 g/mol. The van der Waals surface area contributed by atoms with E-state index in [-0.39, 0.29) is 11.1 Å². The number of hydrogen-bond donors (Lipinski definition) is 1. The Morgan fingerprint density at radius 2 is 2.21 bits per heavy atom. The van der Waals surface area contributed by atoms with Crippen molar-refractivity contribution in [3.05, 3.63) is 0 Å². The van der Waals surface area contributed by atoms with Gasteiger partial charge in [0.1, 0.15) is 6.54 Å². The first-order valence-corrected chi connectivity index (χ1v) is 6.61. The summed E-state index contributed by atoms with van der Waals surface area (Å²) in [6.07, 6.45) is -2.07. The Kier molecular flexibility index (Phi) is 4.27. The molecule has 2 rings (SSSR count). The SMILES string of the molecule is O=C1NCCCC[C@H]1Sc1nnnn1CC(F)(F)F. The number of rotatable bonds is 3. The molecule has 1 saturated heterocycles. The molecule has 0 bridgehead atoms. The van der Waals surface area contributed by atoms with Crippen molar-refractivity contribution in [1.82, 2.24) is 25.5 Å². The molecule has 0 aliphatic carbocycles. The van der Waals surface area contributed by atoms with Crippen molar-refractivity contribution in [2.24, 2.45) is 0 Å². The van der Waals surface area contributed by atoms with Crippen molar-refractivity contribution >= 4 is 17.7 Å². The van der Waals surface area contributed by atoms with Gasteiger partial charge in [0.15, 0.2) is 0 Å². The van der Waals surface area contributed by atoms with Crippen LogP contribution >= 0.6 is 11.8 Å². The summed E-state index contributed by atoms with van der Waals surface area (Å²) in [5.41, 5.74) is 0. The maximum atomic E-state index is 12.3. The molecule has 1 N–H and O–H groups in total. The standard InChI is InChI=1S/C9H12F3N5OS/c10-9(11,12)5-17-8(14-15-16-17)19-6-3-1-2-4-13-7(6)18/h6H,1-5H2,(H,13,18)/t6-/m1/s1. The van der Waals surface area contributed by atoms with E-state index in [0.29, 0.717) is 17.6 Å². The number of carbonyl (C=O) groups is 1. The number of aromatic nitrogens is 4. The van der Waals surface area contributed by atoms with E-state index in [9.17, 15) is 18.0 Å². The predicted molar refractivity (Wildman–Crippen MR) is 60.4 cm³/mol. The van der Waals surface area contributed by atoms with Gasteiger partial charge in [-0.15, -0.1) is 5.10 Å². The molecule has 6 nitrogen and oxygen atoms in total. The summed E-state index contributed by atoms with van der Waals surface area (Å²) in [7, 11) is 0. The molecule has 19 heavy (non-hydrogen) atoms. The predicted octanol–water partition coefficient (Wildman–Crippen LogP) is 0.996. The smallest absolute Gasteiger partial charge is 0.355 e. The molecule has 1 aromatic rings. The fourth-order valence-corrected chi connectivity index (χ4v) is 2.74. The van der Waals surface area contributed by atoms with Gasteiger partial charge in [-0.25, -0.2) is 4.68 Å². The maximum absolute atomic E-state index is 12.3. The number of alkyl halides is 3. The number of carbonyl (C=O) groups excluding carboxylic acids is 1. The molecular weight excluding hydrogens is 283 g/mol. The lowest BCUT2D eigenvalue weighted by Gasteiger charge is -2.12. The summed E-state index contributed by atoms with van der Waals surface area (Å²) in [6, 6.07) is 0. The van der Waals surface area contributed by atoms with Crippen LogP contribution in [0.2, 0.25) is 0 Å². The Bertz CT molecular complexity index is 449. The summed E-state index contributed by atoms with van der Waals surface area (Å²) in [5.74, 6) is -0.177. The molecule has 1 aliphatic rings. The third-order valence-electron chi connectivity index (χ3n) is 2.56. The van der Waals surface area contributed by atoms with Crippen molar-refractivity contribution in [2.75, 3.05) is 6.54 Å². The van der Waals surface area contributed by atoms with E-state index < -0.39 is 18.0 Å². The van der Waals surface area contributed by atoms with Crippen LogP contribution in [0.15, 0.2) is 5.16 Å². The van der Waals surface area contributed by atoms with Gasteiger partial charge < -0.3 is 5.32 Å². The molecule has 1 aliphatic heterocycles. The van der Waals surface area contributed by atoms with E-state index in [1.807, 2.05) is 0 Å². The zero-order valence-corrected chi connectivity index (χ0v) is 10.7. The Balaban J connectivity index is 2.06. The van der Waals surface area contributed by atoms with Gasteiger partial charge in [-0.05, 0) is 23.3 Å². The molecule has 1 atom stereocenters. The summed E-state index contributed by atoms with van der Waals surface area (Å²) < 4.78 is 37.6. The van der Waals surface area contributed by atoms with Crippen molar-refractivity contribution in [3.63, 3.8) is 0 Å². The quantitative estimate of drug-likeness (QED) is 0.900. The van der Waals surface area contributed by atoms with Crippen LogP contribution in [0.25, 0.3) is 0 Å². The molecule has 0 aromatic carbocycles. The second-order valence-corrected chi connectivity index (χ2v) is 5.30. The van der Waals surface area contributed by atoms with Crippen LogP contribution in [0, 0.1) is 0 Å². The molecule has 0 radical (unpaired) electrons. The molecular formula is C9H12F3N5OS. The van der Waals surface area contributed by atoms with E-state index in [1.165, 1.54) is 0 Å². The van der Waals surface area contributed by atoms with Crippen LogP contribution in [0.5, 0.6) is 0 Å². The maximum Gasteiger partial charge on any atom is 0.408 e. The Morgan fingerprint density at radius 1 is 1.42 bits per heavy atom. The highest BCUT2D eigenvalue weighted by Gasteiger charge is 2.31. The highest BCUT2D eigenvalue weighted by atomic mass is 32.2. The van der Waals surface area contributed by atoms with E-state index >= 15 is 0 Å². The first-order chi connectivity index (χ1) is 8.96. The third kappa shape index (κ3) is 4.08. The number of halogens is 3.